The van der Waals surface area contributed by atoms with Crippen molar-refractivity contribution in [2.24, 2.45) is 0 Å². The Labute approximate surface area is 196 Å². The molecule has 0 saturated carbocycles. The monoisotopic (exact) mass is 486 g/mol. The number of likely N-dealkylation sites (tertiary alicyclic amines) is 1. The van der Waals surface area contributed by atoms with Crippen LogP contribution in [0.4, 0.5) is 13.2 Å². The van der Waals surface area contributed by atoms with E-state index in [0.29, 0.717) is 48.2 Å². The highest BCUT2D eigenvalue weighted by Crippen LogP contribution is 2.27. The average molecular weight is 486 g/mol. The molecule has 1 fully saturated rings. The molecule has 35 heavy (non-hydrogen) atoms. The molecule has 0 spiro atoms. The summed E-state index contributed by atoms with van der Waals surface area (Å²) in [7, 11) is 0. The lowest BCUT2D eigenvalue weighted by Gasteiger charge is -2.31. The Morgan fingerprint density at radius 3 is 2.54 bits per heavy atom. The summed E-state index contributed by atoms with van der Waals surface area (Å²) < 4.78 is 47.6. The first-order chi connectivity index (χ1) is 16.8. The molecule has 1 aromatic carbocycles. The Morgan fingerprint density at radius 2 is 1.91 bits per heavy atom. The number of amides is 1. The first-order valence-electron chi connectivity index (χ1n) is 11.0. The van der Waals surface area contributed by atoms with Crippen LogP contribution >= 0.6 is 0 Å². The first-order valence-corrected chi connectivity index (χ1v) is 11.0. The van der Waals surface area contributed by atoms with E-state index in [2.05, 4.69) is 15.2 Å². The van der Waals surface area contributed by atoms with Crippen molar-refractivity contribution in [3.63, 3.8) is 0 Å². The highest BCUT2D eigenvalue weighted by Gasteiger charge is 2.26. The molecule has 12 heteroatoms. The highest BCUT2D eigenvalue weighted by molar-refractivity contribution is 5.76. The summed E-state index contributed by atoms with van der Waals surface area (Å²) in [5, 5.41) is 6.90. The van der Waals surface area contributed by atoms with Gasteiger partial charge in [0, 0.05) is 32.3 Å². The van der Waals surface area contributed by atoms with E-state index in [1.807, 2.05) is 0 Å². The van der Waals surface area contributed by atoms with Crippen molar-refractivity contribution in [1.29, 1.82) is 0 Å². The van der Waals surface area contributed by atoms with Gasteiger partial charge in [-0.25, -0.2) is 9.18 Å². The van der Waals surface area contributed by atoms with E-state index in [4.69, 9.17) is 4.42 Å². The van der Waals surface area contributed by atoms with E-state index in [9.17, 15) is 22.8 Å². The number of carbonyl (C=O) groups excluding carboxylic acids is 1. The lowest BCUT2D eigenvalue weighted by Crippen LogP contribution is -2.40. The van der Waals surface area contributed by atoms with Crippen molar-refractivity contribution in [2.75, 3.05) is 13.1 Å². The van der Waals surface area contributed by atoms with Gasteiger partial charge in [0.05, 0.1) is 28.8 Å². The molecule has 1 amide bonds. The third-order valence-electron chi connectivity index (χ3n) is 6.22. The maximum atomic E-state index is 14.1. The fourth-order valence-electron chi connectivity index (χ4n) is 4.44. The van der Waals surface area contributed by atoms with Crippen molar-refractivity contribution in [2.45, 2.75) is 38.8 Å². The van der Waals surface area contributed by atoms with Crippen LogP contribution in [-0.4, -0.2) is 48.2 Å². The van der Waals surface area contributed by atoms with E-state index in [1.54, 1.807) is 27.7 Å². The molecule has 0 bridgehead atoms. The molecule has 0 radical (unpaired) electrons. The van der Waals surface area contributed by atoms with Gasteiger partial charge in [0.15, 0.2) is 0 Å². The fraction of sp³-hybridized carbons (Fsp3) is 0.348. The largest absolute Gasteiger partial charge is 0.415 e. The minimum absolute atomic E-state index is 0.00949. The minimum atomic E-state index is -2.87. The molecule has 0 aliphatic carbocycles. The van der Waals surface area contributed by atoms with Crippen LogP contribution < -0.4 is 5.69 Å². The number of aromatic nitrogens is 5. The normalized spacial score (nSPS) is 14.8. The molecule has 5 rings (SSSR count). The summed E-state index contributed by atoms with van der Waals surface area (Å²) in [4.78, 5) is 31.2. The Hall–Kier alpha value is -3.96. The van der Waals surface area contributed by atoms with E-state index >= 15 is 0 Å². The van der Waals surface area contributed by atoms with Crippen molar-refractivity contribution >= 4 is 16.9 Å². The lowest BCUT2D eigenvalue weighted by atomic mass is 10.0. The zero-order valence-electron chi connectivity index (χ0n) is 18.7. The summed E-state index contributed by atoms with van der Waals surface area (Å²) in [5.74, 6) is -1.31. The number of piperidine rings is 1. The van der Waals surface area contributed by atoms with Crippen molar-refractivity contribution in [1.82, 2.24) is 29.2 Å². The fourth-order valence-corrected chi connectivity index (χ4v) is 4.44. The number of halogens is 3. The second-order valence-electron chi connectivity index (χ2n) is 8.39. The maximum absolute atomic E-state index is 14.1. The molecule has 4 aromatic rings. The molecule has 0 N–H and O–H groups in total. The molecule has 1 aliphatic rings. The predicted molar refractivity (Wildman–Crippen MR) is 118 cm³/mol. The molecule has 182 valence electrons. The number of hydrogen-bond acceptors (Lipinski definition) is 6. The number of fused-ring (bicyclic) bond motifs is 1. The molecule has 0 atom stereocenters. The molecule has 4 heterocycles. The highest BCUT2D eigenvalue weighted by atomic mass is 19.3. The number of benzene rings is 1. The average Bonchev–Trinajstić information content (AvgIpc) is 3.43. The number of rotatable bonds is 5. The van der Waals surface area contributed by atoms with Gasteiger partial charge in [-0.05, 0) is 43.2 Å². The van der Waals surface area contributed by atoms with Gasteiger partial charge in [0.25, 0.3) is 5.89 Å². The van der Waals surface area contributed by atoms with Crippen LogP contribution in [0, 0.1) is 5.82 Å². The van der Waals surface area contributed by atoms with Crippen molar-refractivity contribution in [3.8, 4) is 11.5 Å². The quantitative estimate of drug-likeness (QED) is 0.428. The Bertz CT molecular complexity index is 1440. The zero-order chi connectivity index (χ0) is 24.7. The summed E-state index contributed by atoms with van der Waals surface area (Å²) in [6, 6.07) is 7.26. The summed E-state index contributed by atoms with van der Waals surface area (Å²) >= 11 is 0. The Morgan fingerprint density at radius 1 is 1.14 bits per heavy atom. The van der Waals surface area contributed by atoms with E-state index in [-0.39, 0.29) is 30.1 Å². The molecule has 3 aromatic heterocycles. The van der Waals surface area contributed by atoms with Gasteiger partial charge in [-0.1, -0.05) is 0 Å². The number of hydrogen-bond donors (Lipinski definition) is 0. The third kappa shape index (κ3) is 4.31. The first kappa shape index (κ1) is 22.8. The van der Waals surface area contributed by atoms with E-state index in [1.165, 1.54) is 29.8 Å². The molecule has 1 aliphatic heterocycles. The molecule has 1 saturated heterocycles. The molecular weight excluding hydrogens is 465 g/mol. The molecular formula is C23H21F3N6O3. The molecule has 0 unspecified atom stereocenters. The smallest absolute Gasteiger partial charge is 0.329 e. The van der Waals surface area contributed by atoms with Gasteiger partial charge >= 0.3 is 12.1 Å². The van der Waals surface area contributed by atoms with E-state index < -0.39 is 18.1 Å². The van der Waals surface area contributed by atoms with Crippen LogP contribution in [0.2, 0.25) is 0 Å². The second kappa shape index (κ2) is 9.01. The Balaban J connectivity index is 1.45. The van der Waals surface area contributed by atoms with Crippen LogP contribution in [-0.2, 0) is 11.3 Å². The zero-order valence-corrected chi connectivity index (χ0v) is 18.7. The predicted octanol–water partition coefficient (Wildman–Crippen LogP) is 3.56. The topological polar surface area (TPSA) is 99.1 Å². The van der Waals surface area contributed by atoms with Gasteiger partial charge < -0.3 is 9.32 Å². The number of carbonyl (C=O) groups is 1. The van der Waals surface area contributed by atoms with Crippen LogP contribution in [0.15, 0.2) is 45.7 Å². The van der Waals surface area contributed by atoms with Gasteiger partial charge in [0.1, 0.15) is 5.82 Å². The Kier molecular flexibility index (Phi) is 5.87. The van der Waals surface area contributed by atoms with Gasteiger partial charge in [0.2, 0.25) is 11.8 Å². The van der Waals surface area contributed by atoms with Gasteiger partial charge in [-0.15, -0.1) is 10.2 Å². The number of alkyl halides is 2. The third-order valence-corrected chi connectivity index (χ3v) is 6.22. The number of nitrogens with zero attached hydrogens (tertiary/aromatic N) is 6. The number of imidazole rings is 1. The summed E-state index contributed by atoms with van der Waals surface area (Å²) in [6.07, 6.45) is -0.286. The minimum Gasteiger partial charge on any atom is -0.415 e. The standard InChI is InChI=1S/C23H21F3N6O3/c1-13(33)30-8-6-17(7-9-30)32-19-10-15(24)3-5-18(19)31(23(32)34)12-16-4-2-14(11-27-16)21-28-29-22(35-21)20(25)26/h2-5,10-11,17,20H,6-9,12H2,1H3. The van der Waals surface area contributed by atoms with Gasteiger partial charge in [-0.3, -0.25) is 18.9 Å². The SMILES string of the molecule is CC(=O)N1CCC(n2c(=O)n(Cc3ccc(-c4nnc(C(F)F)o4)cn3)c3ccc(F)cc32)CC1. The van der Waals surface area contributed by atoms with Gasteiger partial charge in [-0.2, -0.15) is 8.78 Å². The van der Waals surface area contributed by atoms with Crippen LogP contribution in [0.1, 0.15) is 43.8 Å². The molecule has 9 nitrogen and oxygen atoms in total. The second-order valence-corrected chi connectivity index (χ2v) is 8.39. The summed E-state index contributed by atoms with van der Waals surface area (Å²) in [5.41, 5.74) is 1.64. The van der Waals surface area contributed by atoms with Crippen LogP contribution in [0.25, 0.3) is 22.5 Å². The van der Waals surface area contributed by atoms with Crippen molar-refractivity contribution < 1.29 is 22.4 Å². The lowest BCUT2D eigenvalue weighted by molar-refractivity contribution is -0.130. The van der Waals surface area contributed by atoms with Crippen LogP contribution in [0.5, 0.6) is 0 Å². The number of pyridine rings is 1. The van der Waals surface area contributed by atoms with E-state index in [0.717, 1.165) is 0 Å². The van der Waals surface area contributed by atoms with Crippen LogP contribution in [0.3, 0.4) is 0 Å². The summed E-state index contributed by atoms with van der Waals surface area (Å²) in [6.45, 7) is 2.69. The maximum Gasteiger partial charge on any atom is 0.329 e. The van der Waals surface area contributed by atoms with Crippen molar-refractivity contribution in [3.05, 3.63) is 64.4 Å².